The summed E-state index contributed by atoms with van der Waals surface area (Å²) < 4.78 is 8.17. The summed E-state index contributed by atoms with van der Waals surface area (Å²) in [5.41, 5.74) is 4.36. The van der Waals surface area contributed by atoms with Crippen LogP contribution < -0.4 is 10.1 Å². The van der Waals surface area contributed by atoms with Gasteiger partial charge in [0.05, 0.1) is 7.11 Å². The molecule has 0 spiro atoms. The van der Waals surface area contributed by atoms with Crippen molar-refractivity contribution >= 4 is 0 Å². The van der Waals surface area contributed by atoms with Gasteiger partial charge < -0.3 is 14.6 Å². The van der Waals surface area contributed by atoms with Gasteiger partial charge in [-0.1, -0.05) is 6.07 Å². The minimum Gasteiger partial charge on any atom is -0.496 e. The third kappa shape index (κ3) is 3.92. The van der Waals surface area contributed by atoms with E-state index < -0.39 is 0 Å². The van der Waals surface area contributed by atoms with Gasteiger partial charge in [-0.15, -0.1) is 10.2 Å². The van der Waals surface area contributed by atoms with E-state index in [2.05, 4.69) is 37.1 Å². The lowest BCUT2D eigenvalue weighted by Crippen LogP contribution is -2.31. The first-order chi connectivity index (χ1) is 14.3. The number of rotatable bonds is 4. The molecular formula is C23H33N5O. The largest absolute Gasteiger partial charge is 0.496 e. The van der Waals surface area contributed by atoms with Crippen LogP contribution in [0.2, 0.25) is 0 Å². The molecule has 6 heteroatoms. The van der Waals surface area contributed by atoms with Gasteiger partial charge in [0.1, 0.15) is 17.4 Å². The zero-order chi connectivity index (χ0) is 19.6. The quantitative estimate of drug-likeness (QED) is 0.863. The molecule has 3 heterocycles. The SMILES string of the molecule is COc1cc2c(cc1CN1CCc3nnc([C@@H]4CCCNC4)n3CC1)CCCC2. The number of piperidine rings is 1. The summed E-state index contributed by atoms with van der Waals surface area (Å²) >= 11 is 0. The highest BCUT2D eigenvalue weighted by atomic mass is 16.5. The van der Waals surface area contributed by atoms with Gasteiger partial charge >= 0.3 is 0 Å². The number of benzene rings is 1. The lowest BCUT2D eigenvalue weighted by molar-refractivity contribution is 0.264. The molecule has 0 amide bonds. The van der Waals surface area contributed by atoms with Gasteiger partial charge in [0.25, 0.3) is 0 Å². The molecule has 1 fully saturated rings. The molecule has 6 nitrogen and oxygen atoms in total. The summed E-state index contributed by atoms with van der Waals surface area (Å²) in [6.07, 6.45) is 8.46. The molecule has 5 rings (SSSR count). The Morgan fingerprint density at radius 2 is 1.90 bits per heavy atom. The van der Waals surface area contributed by atoms with Gasteiger partial charge in [0.15, 0.2) is 0 Å². The highest BCUT2D eigenvalue weighted by Gasteiger charge is 2.25. The molecule has 1 saturated heterocycles. The Bertz CT molecular complexity index is 855. The maximum absolute atomic E-state index is 5.77. The fourth-order valence-electron chi connectivity index (χ4n) is 5.29. The third-order valence-corrected chi connectivity index (χ3v) is 6.95. The van der Waals surface area contributed by atoms with E-state index in [9.17, 15) is 0 Å². The molecule has 156 valence electrons. The van der Waals surface area contributed by atoms with Crippen molar-refractivity contribution in [3.8, 4) is 5.75 Å². The monoisotopic (exact) mass is 395 g/mol. The number of hydrogen-bond acceptors (Lipinski definition) is 5. The standard InChI is InChI=1S/C23H33N5O/c1-29-21-14-18-6-3-2-5-17(18)13-20(21)16-27-10-8-22-25-26-23(28(22)12-11-27)19-7-4-9-24-15-19/h13-14,19,24H,2-12,15-16H2,1H3/t19-/m1/s1. The Morgan fingerprint density at radius 3 is 2.69 bits per heavy atom. The molecule has 0 saturated carbocycles. The van der Waals surface area contributed by atoms with Gasteiger partial charge in [-0.25, -0.2) is 0 Å². The molecule has 0 unspecified atom stereocenters. The molecule has 0 bridgehead atoms. The van der Waals surface area contributed by atoms with Crippen molar-refractivity contribution in [2.24, 2.45) is 0 Å². The molecule has 2 aliphatic heterocycles. The molecule has 29 heavy (non-hydrogen) atoms. The van der Waals surface area contributed by atoms with Gasteiger partial charge in [-0.05, 0) is 62.3 Å². The predicted molar refractivity (Wildman–Crippen MR) is 113 cm³/mol. The van der Waals surface area contributed by atoms with E-state index in [-0.39, 0.29) is 0 Å². The number of nitrogens with one attached hydrogen (secondary N) is 1. The summed E-state index contributed by atoms with van der Waals surface area (Å²) in [5.74, 6) is 3.92. The molecule has 1 N–H and O–H groups in total. The smallest absolute Gasteiger partial charge is 0.137 e. The lowest BCUT2D eigenvalue weighted by Gasteiger charge is -2.25. The fourth-order valence-corrected chi connectivity index (χ4v) is 5.29. The van der Waals surface area contributed by atoms with Crippen LogP contribution in [0.4, 0.5) is 0 Å². The van der Waals surface area contributed by atoms with Crippen molar-refractivity contribution in [1.29, 1.82) is 0 Å². The number of ether oxygens (including phenoxy) is 1. The van der Waals surface area contributed by atoms with Crippen LogP contribution in [-0.2, 0) is 32.4 Å². The van der Waals surface area contributed by atoms with E-state index in [1.807, 2.05) is 7.11 Å². The van der Waals surface area contributed by atoms with Crippen molar-refractivity contribution in [1.82, 2.24) is 25.0 Å². The maximum Gasteiger partial charge on any atom is 0.137 e. The fraction of sp³-hybridized carbons (Fsp3) is 0.652. The predicted octanol–water partition coefficient (Wildman–Crippen LogP) is 2.69. The number of methoxy groups -OCH3 is 1. The van der Waals surface area contributed by atoms with Crippen LogP contribution in [0.3, 0.4) is 0 Å². The van der Waals surface area contributed by atoms with Crippen LogP contribution in [0.1, 0.15) is 59.9 Å². The van der Waals surface area contributed by atoms with Crippen molar-refractivity contribution in [3.63, 3.8) is 0 Å². The van der Waals surface area contributed by atoms with Crippen molar-refractivity contribution in [2.75, 3.05) is 33.3 Å². The van der Waals surface area contributed by atoms with Gasteiger partial charge in [-0.2, -0.15) is 0 Å². The second-order valence-corrected chi connectivity index (χ2v) is 8.84. The van der Waals surface area contributed by atoms with Gasteiger partial charge in [-0.3, -0.25) is 4.90 Å². The number of nitrogens with zero attached hydrogens (tertiary/aromatic N) is 4. The molecule has 3 aliphatic rings. The Kier molecular flexibility index (Phi) is 5.55. The zero-order valence-corrected chi connectivity index (χ0v) is 17.6. The first kappa shape index (κ1) is 19.1. The number of hydrogen-bond donors (Lipinski definition) is 1. The molecule has 0 radical (unpaired) electrons. The van der Waals surface area contributed by atoms with Crippen LogP contribution in [0.25, 0.3) is 0 Å². The number of fused-ring (bicyclic) bond motifs is 2. The second kappa shape index (κ2) is 8.44. The Labute approximate surface area is 173 Å². The van der Waals surface area contributed by atoms with Crippen LogP contribution >= 0.6 is 0 Å². The summed E-state index contributed by atoms with van der Waals surface area (Å²) in [7, 11) is 1.81. The second-order valence-electron chi connectivity index (χ2n) is 8.84. The maximum atomic E-state index is 5.77. The van der Waals surface area contributed by atoms with E-state index >= 15 is 0 Å². The minimum atomic E-state index is 0.511. The van der Waals surface area contributed by atoms with Crippen LogP contribution in [0.5, 0.6) is 5.75 Å². The topological polar surface area (TPSA) is 55.2 Å². The van der Waals surface area contributed by atoms with Crippen LogP contribution in [0, 0.1) is 0 Å². The third-order valence-electron chi connectivity index (χ3n) is 6.95. The highest BCUT2D eigenvalue weighted by Crippen LogP contribution is 2.30. The zero-order valence-electron chi connectivity index (χ0n) is 17.6. The molecule has 2 aromatic rings. The normalized spacial score (nSPS) is 22.6. The van der Waals surface area contributed by atoms with Crippen molar-refractivity contribution in [2.45, 2.75) is 64.0 Å². The average Bonchev–Trinajstić information content (AvgIpc) is 3.08. The summed E-state index contributed by atoms with van der Waals surface area (Å²) in [5, 5.41) is 12.7. The van der Waals surface area contributed by atoms with E-state index in [1.165, 1.54) is 61.0 Å². The Hall–Kier alpha value is -1.92. The molecular weight excluding hydrogens is 362 g/mol. The van der Waals surface area contributed by atoms with Gasteiger partial charge in [0, 0.05) is 50.6 Å². The van der Waals surface area contributed by atoms with Crippen molar-refractivity contribution < 1.29 is 4.74 Å². The van der Waals surface area contributed by atoms with Crippen LogP contribution in [0.15, 0.2) is 12.1 Å². The summed E-state index contributed by atoms with van der Waals surface area (Å²) in [6.45, 7) is 6.18. The van der Waals surface area contributed by atoms with Crippen LogP contribution in [-0.4, -0.2) is 53.0 Å². The van der Waals surface area contributed by atoms with E-state index in [1.54, 1.807) is 0 Å². The highest BCUT2D eigenvalue weighted by molar-refractivity contribution is 5.44. The average molecular weight is 396 g/mol. The molecule has 1 aromatic heterocycles. The Morgan fingerprint density at radius 1 is 1.03 bits per heavy atom. The van der Waals surface area contributed by atoms with E-state index in [0.717, 1.165) is 57.3 Å². The summed E-state index contributed by atoms with van der Waals surface area (Å²) in [6, 6.07) is 4.71. The van der Waals surface area contributed by atoms with E-state index in [4.69, 9.17) is 4.74 Å². The van der Waals surface area contributed by atoms with Crippen molar-refractivity contribution in [3.05, 3.63) is 40.5 Å². The van der Waals surface area contributed by atoms with Gasteiger partial charge in [0.2, 0.25) is 0 Å². The number of aromatic nitrogens is 3. The Balaban J connectivity index is 1.31. The van der Waals surface area contributed by atoms with E-state index in [0.29, 0.717) is 5.92 Å². The first-order valence-corrected chi connectivity index (χ1v) is 11.4. The lowest BCUT2D eigenvalue weighted by atomic mass is 9.90. The summed E-state index contributed by atoms with van der Waals surface area (Å²) in [4.78, 5) is 2.56. The first-order valence-electron chi connectivity index (χ1n) is 11.4. The minimum absolute atomic E-state index is 0.511. The molecule has 1 aliphatic carbocycles. The molecule has 1 atom stereocenters. The molecule has 1 aromatic carbocycles. The number of aryl methyl sites for hydroxylation is 2.